The minimum atomic E-state index is -0.470. The van der Waals surface area contributed by atoms with E-state index in [4.69, 9.17) is 4.74 Å². The molecule has 5 heteroatoms. The maximum absolute atomic E-state index is 13.0. The Hall–Kier alpha value is -2.04. The summed E-state index contributed by atoms with van der Waals surface area (Å²) >= 11 is 0. The summed E-state index contributed by atoms with van der Waals surface area (Å²) < 4.78 is 5.43. The van der Waals surface area contributed by atoms with E-state index >= 15 is 0 Å². The van der Waals surface area contributed by atoms with Gasteiger partial charge in [0.05, 0.1) is 0 Å². The number of rotatable bonds is 3. The molecule has 0 unspecified atom stereocenters. The van der Waals surface area contributed by atoms with Gasteiger partial charge >= 0.3 is 6.09 Å². The Balaban J connectivity index is 1.46. The molecular formula is C23H34N2O3. The fourth-order valence-corrected chi connectivity index (χ4v) is 4.34. The highest BCUT2D eigenvalue weighted by molar-refractivity contribution is 5.79. The van der Waals surface area contributed by atoms with Gasteiger partial charge in [0.2, 0.25) is 5.91 Å². The Labute approximate surface area is 169 Å². The lowest BCUT2D eigenvalue weighted by Gasteiger charge is -2.35. The number of ether oxygens (including phenoxy) is 1. The average Bonchev–Trinajstić information content (AvgIpc) is 2.66. The van der Waals surface area contributed by atoms with Gasteiger partial charge in [0, 0.05) is 32.6 Å². The van der Waals surface area contributed by atoms with Crippen molar-refractivity contribution in [2.75, 3.05) is 20.1 Å². The van der Waals surface area contributed by atoms with Gasteiger partial charge in [-0.25, -0.2) is 4.79 Å². The van der Waals surface area contributed by atoms with Crippen LogP contribution in [-0.4, -0.2) is 47.5 Å². The molecule has 5 nitrogen and oxygen atoms in total. The zero-order chi connectivity index (χ0) is 20.3. The predicted molar refractivity (Wildman–Crippen MR) is 110 cm³/mol. The van der Waals surface area contributed by atoms with E-state index in [1.165, 1.54) is 11.1 Å². The van der Waals surface area contributed by atoms with Crippen molar-refractivity contribution in [2.45, 2.75) is 65.0 Å². The molecule has 1 aromatic rings. The van der Waals surface area contributed by atoms with Gasteiger partial charge in [-0.15, -0.1) is 0 Å². The van der Waals surface area contributed by atoms with Crippen LogP contribution in [0.15, 0.2) is 24.3 Å². The minimum absolute atomic E-state index is 0.133. The van der Waals surface area contributed by atoms with Crippen molar-refractivity contribution in [1.82, 2.24) is 9.80 Å². The molecule has 1 aliphatic heterocycles. The summed E-state index contributed by atoms with van der Waals surface area (Å²) in [6.45, 7) is 7.93. The lowest BCUT2D eigenvalue weighted by Crippen LogP contribution is -2.42. The Morgan fingerprint density at radius 2 is 1.75 bits per heavy atom. The molecule has 0 aromatic heterocycles. The van der Waals surface area contributed by atoms with Crippen molar-refractivity contribution < 1.29 is 14.3 Å². The molecule has 28 heavy (non-hydrogen) atoms. The SMILES string of the molecule is CN(C[C@H]1CC[C@H](C(=O)N2CCc3ccccc3C2)CC1)C(=O)OC(C)(C)C. The van der Waals surface area contributed by atoms with Crippen molar-refractivity contribution in [3.05, 3.63) is 35.4 Å². The quantitative estimate of drug-likeness (QED) is 0.780. The van der Waals surface area contributed by atoms with Gasteiger partial charge in [-0.05, 0) is 69.9 Å². The third-order valence-electron chi connectivity index (χ3n) is 5.88. The topological polar surface area (TPSA) is 49.9 Å². The number of benzene rings is 1. The van der Waals surface area contributed by atoms with Gasteiger partial charge in [-0.1, -0.05) is 24.3 Å². The second kappa shape index (κ2) is 8.54. The van der Waals surface area contributed by atoms with Crippen LogP contribution in [0.3, 0.4) is 0 Å². The first-order valence-electron chi connectivity index (χ1n) is 10.5. The van der Waals surface area contributed by atoms with Gasteiger partial charge in [0.15, 0.2) is 0 Å². The van der Waals surface area contributed by atoms with Crippen molar-refractivity contribution in [3.63, 3.8) is 0 Å². The van der Waals surface area contributed by atoms with Crippen LogP contribution >= 0.6 is 0 Å². The zero-order valence-corrected chi connectivity index (χ0v) is 17.7. The van der Waals surface area contributed by atoms with Crippen LogP contribution in [0.25, 0.3) is 0 Å². The number of hydrogen-bond donors (Lipinski definition) is 0. The van der Waals surface area contributed by atoms with Crippen molar-refractivity contribution in [1.29, 1.82) is 0 Å². The Kier molecular flexibility index (Phi) is 6.31. The summed E-state index contributed by atoms with van der Waals surface area (Å²) in [5, 5.41) is 0. The van der Waals surface area contributed by atoms with Crippen molar-refractivity contribution in [2.24, 2.45) is 11.8 Å². The third kappa shape index (κ3) is 5.27. The van der Waals surface area contributed by atoms with E-state index in [1.807, 2.05) is 25.7 Å². The number of nitrogens with zero attached hydrogens (tertiary/aromatic N) is 2. The standard InChI is InChI=1S/C23H34N2O3/c1-23(2,3)28-22(27)24(4)15-17-9-11-19(12-10-17)21(26)25-14-13-18-7-5-6-8-20(18)16-25/h5-8,17,19H,9-16H2,1-4H3/t17-,19-. The van der Waals surface area contributed by atoms with E-state index < -0.39 is 5.60 Å². The van der Waals surface area contributed by atoms with Crippen LogP contribution in [0, 0.1) is 11.8 Å². The molecule has 0 radical (unpaired) electrons. The molecule has 1 heterocycles. The third-order valence-corrected chi connectivity index (χ3v) is 5.88. The Morgan fingerprint density at radius 3 is 2.39 bits per heavy atom. The van der Waals surface area contributed by atoms with E-state index in [9.17, 15) is 9.59 Å². The second-order valence-electron chi connectivity index (χ2n) is 9.36. The van der Waals surface area contributed by atoms with Crippen LogP contribution in [0.5, 0.6) is 0 Å². The molecule has 0 bridgehead atoms. The highest BCUT2D eigenvalue weighted by Crippen LogP contribution is 2.32. The molecule has 3 rings (SSSR count). The highest BCUT2D eigenvalue weighted by atomic mass is 16.6. The van der Waals surface area contributed by atoms with Gasteiger partial charge in [-0.2, -0.15) is 0 Å². The maximum atomic E-state index is 13.0. The van der Waals surface area contributed by atoms with Crippen LogP contribution in [0.1, 0.15) is 57.6 Å². The number of fused-ring (bicyclic) bond motifs is 1. The van der Waals surface area contributed by atoms with Gasteiger partial charge in [-0.3, -0.25) is 4.79 Å². The van der Waals surface area contributed by atoms with Gasteiger partial charge < -0.3 is 14.5 Å². The fourth-order valence-electron chi connectivity index (χ4n) is 4.34. The predicted octanol–water partition coefficient (Wildman–Crippen LogP) is 4.24. The van der Waals surface area contributed by atoms with Gasteiger partial charge in [0.1, 0.15) is 5.60 Å². The number of hydrogen-bond acceptors (Lipinski definition) is 3. The van der Waals surface area contributed by atoms with Crippen LogP contribution < -0.4 is 0 Å². The molecule has 2 aliphatic rings. The second-order valence-corrected chi connectivity index (χ2v) is 9.36. The summed E-state index contributed by atoms with van der Waals surface area (Å²) in [7, 11) is 1.80. The molecule has 2 amide bonds. The van der Waals surface area contributed by atoms with E-state index in [2.05, 4.69) is 24.3 Å². The first-order valence-corrected chi connectivity index (χ1v) is 10.5. The molecule has 0 saturated heterocycles. The molecular weight excluding hydrogens is 352 g/mol. The van der Waals surface area contributed by atoms with E-state index in [0.29, 0.717) is 18.4 Å². The van der Waals surface area contributed by atoms with Crippen molar-refractivity contribution >= 4 is 12.0 Å². The molecule has 0 atom stereocenters. The molecule has 0 spiro atoms. The number of carbonyl (C=O) groups is 2. The molecule has 1 fully saturated rings. The smallest absolute Gasteiger partial charge is 0.410 e. The molecule has 1 saturated carbocycles. The van der Waals surface area contributed by atoms with Crippen LogP contribution in [0.2, 0.25) is 0 Å². The first-order chi connectivity index (χ1) is 13.2. The lowest BCUT2D eigenvalue weighted by atomic mass is 9.81. The number of carbonyl (C=O) groups excluding carboxylic acids is 2. The normalized spacial score (nSPS) is 22.4. The van der Waals surface area contributed by atoms with Crippen LogP contribution in [-0.2, 0) is 22.5 Å². The van der Waals surface area contributed by atoms with E-state index in [-0.39, 0.29) is 12.0 Å². The van der Waals surface area contributed by atoms with Gasteiger partial charge in [0.25, 0.3) is 0 Å². The fraction of sp³-hybridized carbons (Fsp3) is 0.652. The maximum Gasteiger partial charge on any atom is 0.410 e. The van der Waals surface area contributed by atoms with Crippen molar-refractivity contribution in [3.8, 4) is 0 Å². The molecule has 1 aliphatic carbocycles. The summed E-state index contributed by atoms with van der Waals surface area (Å²) in [6, 6.07) is 8.44. The summed E-state index contributed by atoms with van der Waals surface area (Å²) in [6.07, 6.45) is 4.52. The summed E-state index contributed by atoms with van der Waals surface area (Å²) in [5.74, 6) is 0.894. The Bertz CT molecular complexity index is 702. The number of amides is 2. The van der Waals surface area contributed by atoms with E-state index in [1.54, 1.807) is 11.9 Å². The van der Waals surface area contributed by atoms with Crippen LogP contribution in [0.4, 0.5) is 4.79 Å². The molecule has 1 aromatic carbocycles. The molecule has 154 valence electrons. The lowest BCUT2D eigenvalue weighted by molar-refractivity contribution is -0.137. The Morgan fingerprint density at radius 1 is 1.11 bits per heavy atom. The zero-order valence-electron chi connectivity index (χ0n) is 17.7. The minimum Gasteiger partial charge on any atom is -0.444 e. The monoisotopic (exact) mass is 386 g/mol. The largest absolute Gasteiger partial charge is 0.444 e. The van der Waals surface area contributed by atoms with E-state index in [0.717, 1.165) is 45.2 Å². The molecule has 0 N–H and O–H groups in total. The average molecular weight is 387 g/mol. The first kappa shape index (κ1) is 20.7. The highest BCUT2D eigenvalue weighted by Gasteiger charge is 2.32. The summed E-state index contributed by atoms with van der Waals surface area (Å²) in [5.41, 5.74) is 2.19. The summed E-state index contributed by atoms with van der Waals surface area (Å²) in [4.78, 5) is 28.9.